The fourth-order valence-corrected chi connectivity index (χ4v) is 1.20. The van der Waals surface area contributed by atoms with Crippen molar-refractivity contribution in [3.05, 3.63) is 39.8 Å². The third-order valence-electron chi connectivity index (χ3n) is 1.99. The molecule has 1 aromatic rings. The second kappa shape index (κ2) is 7.39. The van der Waals surface area contributed by atoms with E-state index in [0.717, 1.165) is 0 Å². The van der Waals surface area contributed by atoms with Crippen LogP contribution in [0.4, 0.5) is 5.69 Å². The summed E-state index contributed by atoms with van der Waals surface area (Å²) in [6.07, 6.45) is -3.28. The van der Waals surface area contributed by atoms with Gasteiger partial charge in [-0.15, -0.1) is 0 Å². The van der Waals surface area contributed by atoms with Gasteiger partial charge in [-0.2, -0.15) is 0 Å². The Labute approximate surface area is 132 Å². The lowest BCUT2D eigenvalue weighted by Crippen LogP contribution is -2.44. The smallest absolute Gasteiger partial charge is 0.269 e. The Bertz CT molecular complexity index is 719. The van der Waals surface area contributed by atoms with Crippen LogP contribution in [-0.2, 0) is 4.79 Å². The molecule has 0 aromatic heterocycles. The maximum Gasteiger partial charge on any atom is 0.269 e. The molecule has 0 heterocycles. The van der Waals surface area contributed by atoms with E-state index in [1.807, 2.05) is 0 Å². The van der Waals surface area contributed by atoms with Crippen LogP contribution in [0, 0.1) is 10.1 Å². The van der Waals surface area contributed by atoms with Crippen molar-refractivity contribution in [2.75, 3.05) is 6.58 Å². The average molecular weight is 329 g/mol. The van der Waals surface area contributed by atoms with Crippen molar-refractivity contribution in [2.24, 2.45) is 0 Å². The molecule has 3 N–H and O–H groups in total. The number of carbonyl (C=O) groups is 1. The summed E-state index contributed by atoms with van der Waals surface area (Å²) in [7, 11) is 0. The molecule has 0 spiro atoms. The predicted molar refractivity (Wildman–Crippen MR) is 72.6 cm³/mol. The van der Waals surface area contributed by atoms with Crippen molar-refractivity contribution in [3.63, 3.8) is 0 Å². The number of benzene rings is 1. The molecule has 0 radical (unpaired) electrons. The minimum Gasteiger partial charge on any atom is -0.394 e. The maximum atomic E-state index is 11.6. The summed E-state index contributed by atoms with van der Waals surface area (Å²) in [5.41, 5.74) is -2.27. The summed E-state index contributed by atoms with van der Waals surface area (Å²) < 4.78 is 45.9. The van der Waals surface area contributed by atoms with Gasteiger partial charge in [-0.1, -0.05) is 23.2 Å². The van der Waals surface area contributed by atoms with E-state index in [-0.39, 0.29) is 0 Å². The van der Waals surface area contributed by atoms with Crippen LogP contribution in [0.2, 0.25) is 0 Å². The van der Waals surface area contributed by atoms with E-state index < -0.39 is 69.8 Å². The summed E-state index contributed by atoms with van der Waals surface area (Å²) in [6, 6.07) is -6.82. The number of rotatable bonds is 6. The normalized spacial score (nSPS) is 21.2. The minimum atomic E-state index is -3.28. The Kier molecular flexibility index (Phi) is 3.52. The fraction of sp³-hybridized carbons (Fsp3) is 0.364. The van der Waals surface area contributed by atoms with Gasteiger partial charge in [0.05, 0.1) is 25.8 Å². The van der Waals surface area contributed by atoms with Gasteiger partial charge in [-0.05, 0) is 17.6 Å². The summed E-state index contributed by atoms with van der Waals surface area (Å²) >= 11 is 10.6. The standard InChI is InChI=1S/C11H12Cl2N2O5/c12-10(13)11(18)14-8(5-16)9(17)6-1-3-7(4-2-6)15(19)20/h1-4,8-10,16-17H,5H2,(H,14,18)/t8-,9?/m1/s1/i1D,2D,3D,4D,5D,9D/t5?,8-,9?. The van der Waals surface area contributed by atoms with Gasteiger partial charge >= 0.3 is 0 Å². The second-order valence-electron chi connectivity index (χ2n) is 3.30. The Morgan fingerprint density at radius 1 is 1.55 bits per heavy atom. The highest BCUT2D eigenvalue weighted by atomic mass is 35.5. The van der Waals surface area contributed by atoms with Crippen molar-refractivity contribution in [2.45, 2.75) is 17.0 Å². The lowest BCUT2D eigenvalue weighted by atomic mass is 10.0. The van der Waals surface area contributed by atoms with Crippen molar-refractivity contribution in [1.82, 2.24) is 5.32 Å². The highest BCUT2D eigenvalue weighted by Crippen LogP contribution is 2.20. The summed E-state index contributed by atoms with van der Waals surface area (Å²) in [5, 5.41) is 32.5. The molecule has 0 saturated carbocycles. The Balaban J connectivity index is 3.65. The van der Waals surface area contributed by atoms with Crippen LogP contribution in [0.1, 0.15) is 19.9 Å². The number of hydrogen-bond donors (Lipinski definition) is 3. The number of aliphatic hydroxyl groups is 2. The molecule has 0 fully saturated rings. The fourth-order valence-electron chi connectivity index (χ4n) is 1.07. The lowest BCUT2D eigenvalue weighted by molar-refractivity contribution is -0.384. The number of amides is 1. The first kappa shape index (κ1) is 9.51. The summed E-state index contributed by atoms with van der Waals surface area (Å²) in [6.45, 7) is -2.37. The van der Waals surface area contributed by atoms with E-state index in [4.69, 9.17) is 31.4 Å². The molecule has 0 bridgehead atoms. The molecule has 1 aromatic carbocycles. The molecular weight excluding hydrogens is 311 g/mol. The number of nitro groups is 1. The maximum absolute atomic E-state index is 11.6. The zero-order chi connectivity index (χ0) is 20.6. The van der Waals surface area contributed by atoms with E-state index in [0.29, 0.717) is 0 Å². The van der Waals surface area contributed by atoms with E-state index in [2.05, 4.69) is 0 Å². The van der Waals surface area contributed by atoms with Crippen molar-refractivity contribution < 1.29 is 28.2 Å². The first-order valence-corrected chi connectivity index (χ1v) is 5.78. The van der Waals surface area contributed by atoms with Crippen LogP contribution in [0.5, 0.6) is 0 Å². The van der Waals surface area contributed by atoms with E-state index in [1.54, 1.807) is 5.32 Å². The van der Waals surface area contributed by atoms with Crippen LogP contribution in [0.15, 0.2) is 24.2 Å². The summed E-state index contributed by atoms with van der Waals surface area (Å²) in [4.78, 5) is 19.6. The lowest BCUT2D eigenvalue weighted by Gasteiger charge is -2.22. The molecule has 0 aliphatic heterocycles. The SMILES string of the molecule is [2H]c1c([2H])c(C([2H])(O)[C@H](NC(=O)C(Cl)Cl)C([2H])O)c([2H])c([2H])c1[N+](=O)[O-]. The van der Waals surface area contributed by atoms with Crippen LogP contribution in [0.3, 0.4) is 0 Å². The number of carbonyl (C=O) groups excluding carboxylic acids is 1. The molecule has 110 valence electrons. The molecule has 9 heteroatoms. The molecular formula is C11H12Cl2N2O5. The highest BCUT2D eigenvalue weighted by molar-refractivity contribution is 6.53. The van der Waals surface area contributed by atoms with Crippen molar-refractivity contribution in [3.8, 4) is 0 Å². The number of halogens is 2. The Hall–Kier alpha value is -1.41. The molecule has 20 heavy (non-hydrogen) atoms. The molecule has 3 atom stereocenters. The van der Waals surface area contributed by atoms with Gasteiger partial charge in [-0.3, -0.25) is 14.9 Å². The quantitative estimate of drug-likeness (QED) is 0.408. The summed E-state index contributed by atoms with van der Waals surface area (Å²) in [5.74, 6) is -1.22. The van der Waals surface area contributed by atoms with Gasteiger partial charge in [0, 0.05) is 12.1 Å². The van der Waals surface area contributed by atoms with Gasteiger partial charge in [0.25, 0.3) is 11.6 Å². The number of aliphatic hydroxyl groups excluding tert-OH is 1. The molecule has 0 aliphatic carbocycles. The third-order valence-corrected chi connectivity index (χ3v) is 2.39. The van der Waals surface area contributed by atoms with Crippen molar-refractivity contribution >= 4 is 34.8 Å². The third kappa shape index (κ3) is 4.31. The number of alkyl halides is 2. The largest absolute Gasteiger partial charge is 0.394 e. The minimum absolute atomic E-state index is 1.09. The number of hydrogen-bond acceptors (Lipinski definition) is 5. The molecule has 1 amide bonds. The molecule has 0 aliphatic rings. The zero-order valence-corrected chi connectivity index (χ0v) is 11.1. The van der Waals surface area contributed by atoms with Gasteiger partial charge in [0.2, 0.25) is 0 Å². The van der Waals surface area contributed by atoms with Crippen LogP contribution < -0.4 is 5.32 Å². The van der Waals surface area contributed by atoms with Crippen LogP contribution in [-0.4, -0.2) is 38.5 Å². The second-order valence-corrected chi connectivity index (χ2v) is 4.40. The van der Waals surface area contributed by atoms with Gasteiger partial charge < -0.3 is 15.5 Å². The topological polar surface area (TPSA) is 113 Å². The predicted octanol–water partition coefficient (Wildman–Crippen LogP) is 0.909. The van der Waals surface area contributed by atoms with Gasteiger partial charge in [-0.25, -0.2) is 0 Å². The van der Waals surface area contributed by atoms with Crippen LogP contribution in [0.25, 0.3) is 0 Å². The highest BCUT2D eigenvalue weighted by Gasteiger charge is 2.24. The number of nitrogens with zero attached hydrogens (tertiary/aromatic N) is 1. The average Bonchev–Trinajstić information content (AvgIpc) is 2.49. The first-order chi connectivity index (χ1) is 11.7. The molecule has 2 unspecified atom stereocenters. The van der Waals surface area contributed by atoms with E-state index in [9.17, 15) is 25.1 Å². The van der Waals surface area contributed by atoms with Crippen molar-refractivity contribution in [1.29, 1.82) is 0 Å². The first-order valence-electron chi connectivity index (χ1n) is 7.99. The number of nitrogens with one attached hydrogen (secondary N) is 1. The zero-order valence-electron chi connectivity index (χ0n) is 15.6. The van der Waals surface area contributed by atoms with Crippen LogP contribution >= 0.6 is 23.2 Å². The molecule has 0 saturated heterocycles. The van der Waals surface area contributed by atoms with E-state index >= 15 is 0 Å². The van der Waals surface area contributed by atoms with Gasteiger partial charge in [0.15, 0.2) is 4.84 Å². The molecule has 1 rings (SSSR count). The Morgan fingerprint density at radius 2 is 2.10 bits per heavy atom. The number of nitro benzene ring substituents is 1. The molecule has 7 nitrogen and oxygen atoms in total. The Morgan fingerprint density at radius 3 is 2.50 bits per heavy atom. The van der Waals surface area contributed by atoms with Gasteiger partial charge in [0.1, 0.15) is 6.08 Å². The van der Waals surface area contributed by atoms with E-state index in [1.165, 1.54) is 0 Å². The monoisotopic (exact) mass is 328 g/mol.